The number of nitrogens with one attached hydrogen (secondary N) is 1. The summed E-state index contributed by atoms with van der Waals surface area (Å²) in [7, 11) is 0. The van der Waals surface area contributed by atoms with Gasteiger partial charge in [0.15, 0.2) is 6.10 Å². The molecule has 2 atom stereocenters. The van der Waals surface area contributed by atoms with Crippen LogP contribution in [0.5, 0.6) is 0 Å². The van der Waals surface area contributed by atoms with Gasteiger partial charge in [-0.2, -0.15) is 13.2 Å². The molecule has 0 rings (SSSR count). The highest BCUT2D eigenvalue weighted by atomic mass is 19.4. The number of unbranched alkanes of at least 4 members (excludes halogenated alkanes) is 1. The summed E-state index contributed by atoms with van der Waals surface area (Å²) in [5.74, 6) is 0. The topological polar surface area (TPSA) is 41.5 Å². The second-order valence-corrected chi connectivity index (χ2v) is 5.53. The summed E-state index contributed by atoms with van der Waals surface area (Å²) in [4.78, 5) is 0. The van der Waals surface area contributed by atoms with E-state index >= 15 is 0 Å². The van der Waals surface area contributed by atoms with Crippen LogP contribution in [0.2, 0.25) is 0 Å². The molecule has 6 heteroatoms. The Morgan fingerprint density at radius 1 is 1.16 bits per heavy atom. The monoisotopic (exact) mass is 285 g/mol. The smallest absolute Gasteiger partial charge is 0.394 e. The minimum atomic E-state index is -4.29. The summed E-state index contributed by atoms with van der Waals surface area (Å²) >= 11 is 0. The second-order valence-electron chi connectivity index (χ2n) is 5.53. The maximum absolute atomic E-state index is 12.2. The molecule has 0 fully saturated rings. The summed E-state index contributed by atoms with van der Waals surface area (Å²) < 4.78 is 41.3. The molecule has 0 aliphatic carbocycles. The fourth-order valence-electron chi connectivity index (χ4n) is 1.87. The zero-order valence-corrected chi connectivity index (χ0v) is 12.2. The van der Waals surface area contributed by atoms with Crippen LogP contribution in [-0.4, -0.2) is 42.2 Å². The predicted octanol–water partition coefficient (Wildman–Crippen LogP) is 2.87. The van der Waals surface area contributed by atoms with Crippen molar-refractivity contribution in [3.63, 3.8) is 0 Å². The highest BCUT2D eigenvalue weighted by Crippen LogP contribution is 2.22. The van der Waals surface area contributed by atoms with E-state index in [-0.39, 0.29) is 24.8 Å². The Balaban J connectivity index is 3.84. The van der Waals surface area contributed by atoms with Crippen LogP contribution in [0.4, 0.5) is 13.2 Å². The van der Waals surface area contributed by atoms with Gasteiger partial charge >= 0.3 is 6.18 Å². The highest BCUT2D eigenvalue weighted by molar-refractivity contribution is 4.83. The SMILES string of the molecule is CC(C)NC(C)(CO)CCCCOC(C)C(F)(F)F. The van der Waals surface area contributed by atoms with Crippen LogP contribution < -0.4 is 5.32 Å². The van der Waals surface area contributed by atoms with Crippen LogP contribution in [0.1, 0.15) is 47.0 Å². The van der Waals surface area contributed by atoms with Gasteiger partial charge in [-0.25, -0.2) is 0 Å². The van der Waals surface area contributed by atoms with Crippen molar-refractivity contribution in [1.82, 2.24) is 5.32 Å². The number of halogens is 3. The van der Waals surface area contributed by atoms with Crippen molar-refractivity contribution in [2.24, 2.45) is 0 Å². The molecule has 0 aliphatic heterocycles. The number of aliphatic hydroxyl groups excluding tert-OH is 1. The summed E-state index contributed by atoms with van der Waals surface area (Å²) in [6.07, 6.45) is -4.05. The first-order valence-corrected chi connectivity index (χ1v) is 6.67. The van der Waals surface area contributed by atoms with Crippen LogP contribution in [0.3, 0.4) is 0 Å². The first-order chi connectivity index (χ1) is 8.60. The maximum Gasteiger partial charge on any atom is 0.414 e. The van der Waals surface area contributed by atoms with Gasteiger partial charge in [-0.15, -0.1) is 0 Å². The number of rotatable bonds is 9. The Labute approximate surface area is 113 Å². The lowest BCUT2D eigenvalue weighted by atomic mass is 9.95. The van der Waals surface area contributed by atoms with Crippen molar-refractivity contribution in [3.8, 4) is 0 Å². The van der Waals surface area contributed by atoms with Gasteiger partial charge in [-0.3, -0.25) is 0 Å². The first kappa shape index (κ1) is 18.7. The largest absolute Gasteiger partial charge is 0.414 e. The van der Waals surface area contributed by atoms with Crippen LogP contribution in [0, 0.1) is 0 Å². The van der Waals surface area contributed by atoms with Gasteiger partial charge in [0.2, 0.25) is 0 Å². The molecule has 0 radical (unpaired) electrons. The van der Waals surface area contributed by atoms with E-state index in [1.54, 1.807) is 0 Å². The zero-order chi connectivity index (χ0) is 15.1. The Bertz CT molecular complexity index is 247. The molecule has 0 heterocycles. The third-order valence-corrected chi connectivity index (χ3v) is 2.94. The zero-order valence-electron chi connectivity index (χ0n) is 12.2. The molecule has 0 spiro atoms. The normalized spacial score (nSPS) is 17.5. The summed E-state index contributed by atoms with van der Waals surface area (Å²) in [6.45, 7) is 6.99. The Hall–Kier alpha value is -0.330. The van der Waals surface area contributed by atoms with Crippen LogP contribution in [0.15, 0.2) is 0 Å². The molecule has 116 valence electrons. The van der Waals surface area contributed by atoms with Gasteiger partial charge < -0.3 is 15.2 Å². The number of alkyl halides is 3. The minimum Gasteiger partial charge on any atom is -0.394 e. The third-order valence-electron chi connectivity index (χ3n) is 2.94. The fraction of sp³-hybridized carbons (Fsp3) is 1.00. The molecular formula is C13H26F3NO2. The number of hydrogen-bond donors (Lipinski definition) is 2. The van der Waals surface area contributed by atoms with Gasteiger partial charge in [0.25, 0.3) is 0 Å². The van der Waals surface area contributed by atoms with Gasteiger partial charge in [-0.05, 0) is 33.1 Å². The number of aliphatic hydroxyl groups is 1. The van der Waals surface area contributed by atoms with Crippen molar-refractivity contribution < 1.29 is 23.0 Å². The molecule has 2 N–H and O–H groups in total. The molecule has 3 nitrogen and oxygen atoms in total. The molecule has 0 saturated carbocycles. The molecule has 0 aromatic rings. The summed E-state index contributed by atoms with van der Waals surface area (Å²) in [6, 6.07) is 0.249. The lowest BCUT2D eigenvalue weighted by Crippen LogP contribution is -2.49. The van der Waals surface area contributed by atoms with Crippen molar-refractivity contribution in [2.75, 3.05) is 13.2 Å². The Kier molecular flexibility index (Phi) is 7.93. The quantitative estimate of drug-likeness (QED) is 0.640. The molecule has 0 aromatic heterocycles. The molecule has 0 aromatic carbocycles. The van der Waals surface area contributed by atoms with E-state index in [0.717, 1.165) is 6.92 Å². The van der Waals surface area contributed by atoms with Crippen LogP contribution in [-0.2, 0) is 4.74 Å². The molecule has 2 unspecified atom stereocenters. The van der Waals surface area contributed by atoms with Gasteiger partial charge in [0, 0.05) is 18.2 Å². The standard InChI is InChI=1S/C13H26F3NO2/c1-10(2)17-12(4,9-18)7-5-6-8-19-11(3)13(14,15)16/h10-11,17-18H,5-9H2,1-4H3. The van der Waals surface area contributed by atoms with E-state index < -0.39 is 12.3 Å². The number of hydrogen-bond acceptors (Lipinski definition) is 3. The summed E-state index contributed by atoms with van der Waals surface area (Å²) in [5, 5.41) is 12.6. The third kappa shape index (κ3) is 8.44. The molecular weight excluding hydrogens is 259 g/mol. The van der Waals surface area contributed by atoms with E-state index in [1.807, 2.05) is 20.8 Å². The minimum absolute atomic E-state index is 0.00495. The summed E-state index contributed by atoms with van der Waals surface area (Å²) in [5.41, 5.74) is -0.385. The van der Waals surface area contributed by atoms with Crippen molar-refractivity contribution in [2.45, 2.75) is 70.8 Å². The van der Waals surface area contributed by atoms with Crippen molar-refractivity contribution in [1.29, 1.82) is 0 Å². The van der Waals surface area contributed by atoms with Gasteiger partial charge in [-0.1, -0.05) is 13.8 Å². The van der Waals surface area contributed by atoms with Crippen LogP contribution >= 0.6 is 0 Å². The lowest BCUT2D eigenvalue weighted by molar-refractivity contribution is -0.214. The van der Waals surface area contributed by atoms with E-state index in [1.165, 1.54) is 0 Å². The first-order valence-electron chi connectivity index (χ1n) is 6.67. The Morgan fingerprint density at radius 3 is 2.16 bits per heavy atom. The maximum atomic E-state index is 12.2. The highest BCUT2D eigenvalue weighted by Gasteiger charge is 2.36. The van der Waals surface area contributed by atoms with Gasteiger partial charge in [0.05, 0.1) is 6.61 Å². The van der Waals surface area contributed by atoms with E-state index in [4.69, 9.17) is 4.74 Å². The van der Waals surface area contributed by atoms with Gasteiger partial charge in [0.1, 0.15) is 0 Å². The average molecular weight is 285 g/mol. The average Bonchev–Trinajstić information content (AvgIpc) is 2.26. The molecule has 19 heavy (non-hydrogen) atoms. The molecule has 0 aliphatic rings. The van der Waals surface area contributed by atoms with E-state index in [0.29, 0.717) is 19.3 Å². The van der Waals surface area contributed by atoms with E-state index in [2.05, 4.69) is 5.32 Å². The molecule has 0 amide bonds. The molecule has 0 bridgehead atoms. The molecule has 0 saturated heterocycles. The Morgan fingerprint density at radius 2 is 1.74 bits per heavy atom. The van der Waals surface area contributed by atoms with Crippen molar-refractivity contribution in [3.05, 3.63) is 0 Å². The van der Waals surface area contributed by atoms with Crippen molar-refractivity contribution >= 4 is 0 Å². The number of ether oxygens (including phenoxy) is 1. The van der Waals surface area contributed by atoms with Crippen LogP contribution in [0.25, 0.3) is 0 Å². The fourth-order valence-corrected chi connectivity index (χ4v) is 1.87. The lowest BCUT2D eigenvalue weighted by Gasteiger charge is -2.31. The van der Waals surface area contributed by atoms with E-state index in [9.17, 15) is 18.3 Å². The predicted molar refractivity (Wildman–Crippen MR) is 69.1 cm³/mol. The second kappa shape index (κ2) is 8.07.